The average Bonchev–Trinajstić information content (AvgIpc) is 3.15. The largest absolute Gasteiger partial charge is 0.384 e. The summed E-state index contributed by atoms with van der Waals surface area (Å²) in [5.41, 5.74) is 0. The summed E-state index contributed by atoms with van der Waals surface area (Å²) in [4.78, 5) is 8.17. The third kappa shape index (κ3) is 6.56. The Bertz CT molecular complexity index is 936. The van der Waals surface area contributed by atoms with Crippen molar-refractivity contribution in [2.24, 2.45) is 0 Å². The second-order valence-electron chi connectivity index (χ2n) is 6.89. The molecule has 1 N–H and O–H groups in total. The summed E-state index contributed by atoms with van der Waals surface area (Å²) in [6, 6.07) is -0.363. The van der Waals surface area contributed by atoms with Crippen molar-refractivity contribution in [2.45, 2.75) is 30.7 Å². The van der Waals surface area contributed by atoms with Crippen LogP contribution in [0.4, 0.5) is 5.95 Å². The first-order valence-electron chi connectivity index (χ1n) is 9.71. The molecule has 2 heterocycles. The van der Waals surface area contributed by atoms with Crippen molar-refractivity contribution in [3.05, 3.63) is 29.1 Å². The van der Waals surface area contributed by atoms with Gasteiger partial charge in [0.1, 0.15) is 17.2 Å². The van der Waals surface area contributed by atoms with Gasteiger partial charge in [-0.05, 0) is 6.92 Å². The van der Waals surface area contributed by atoms with Crippen LogP contribution < -0.4 is 4.72 Å². The van der Waals surface area contributed by atoms with Gasteiger partial charge in [0.15, 0.2) is 5.82 Å². The number of nitrogens with zero attached hydrogens (tertiary/aromatic N) is 5. The minimum atomic E-state index is -4.00. The third-order valence-electron chi connectivity index (χ3n) is 4.68. The molecule has 180 valence electrons. The number of rotatable bonds is 14. The Labute approximate surface area is 192 Å². The number of halogens is 1. The molecule has 0 aliphatic rings. The van der Waals surface area contributed by atoms with Crippen molar-refractivity contribution in [3.63, 3.8) is 0 Å². The number of anilines is 1. The molecular weight excluding hydrogens is 464 g/mol. The van der Waals surface area contributed by atoms with E-state index in [1.165, 1.54) is 26.4 Å². The van der Waals surface area contributed by atoms with Gasteiger partial charge in [-0.2, -0.15) is 0 Å². The first kappa shape index (κ1) is 26.4. The molecule has 2 rings (SSSR count). The minimum Gasteiger partial charge on any atom is -0.384 e. The maximum atomic E-state index is 13.2. The number of hydrogen-bond donors (Lipinski definition) is 1. The first-order valence-corrected chi connectivity index (χ1v) is 11.6. The average molecular weight is 493 g/mol. The smallest absolute Gasteiger partial charge is 0.240 e. The highest BCUT2D eigenvalue weighted by Gasteiger charge is 2.34. The summed E-state index contributed by atoms with van der Waals surface area (Å²) in [7, 11) is 2.04. The van der Waals surface area contributed by atoms with Crippen molar-refractivity contribution in [2.75, 3.05) is 53.0 Å². The number of methoxy groups -OCH3 is 4. The predicted molar refractivity (Wildman–Crippen MR) is 117 cm³/mol. The van der Waals surface area contributed by atoms with Crippen molar-refractivity contribution < 1.29 is 27.4 Å². The molecule has 0 spiro atoms. The summed E-state index contributed by atoms with van der Waals surface area (Å²) < 4.78 is 51.7. The lowest BCUT2D eigenvalue weighted by Gasteiger charge is -2.24. The molecule has 12 nitrogen and oxygen atoms in total. The molecular formula is C18H29ClN6O6S. The molecule has 0 bridgehead atoms. The van der Waals surface area contributed by atoms with Crippen LogP contribution in [0.2, 0.25) is 5.02 Å². The lowest BCUT2D eigenvalue weighted by Crippen LogP contribution is -2.34. The van der Waals surface area contributed by atoms with Crippen LogP contribution in [0.5, 0.6) is 0 Å². The Morgan fingerprint density at radius 2 is 1.69 bits per heavy atom. The van der Waals surface area contributed by atoms with E-state index < -0.39 is 21.4 Å². The van der Waals surface area contributed by atoms with Gasteiger partial charge in [0.25, 0.3) is 0 Å². The normalized spacial score (nSPS) is 14.0. The Hall–Kier alpha value is -1.90. The lowest BCUT2D eigenvalue weighted by atomic mass is 10.2. The zero-order valence-electron chi connectivity index (χ0n) is 18.7. The maximum absolute atomic E-state index is 13.2. The van der Waals surface area contributed by atoms with E-state index in [1.54, 1.807) is 25.9 Å². The summed E-state index contributed by atoms with van der Waals surface area (Å²) in [6.07, 6.45) is 2.23. The summed E-state index contributed by atoms with van der Waals surface area (Å²) in [5, 5.41) is 7.46. The first-order chi connectivity index (χ1) is 15.3. The van der Waals surface area contributed by atoms with Crippen LogP contribution in [0.15, 0.2) is 12.4 Å². The summed E-state index contributed by atoms with van der Waals surface area (Å²) >= 11 is 5.83. The van der Waals surface area contributed by atoms with Crippen molar-refractivity contribution >= 4 is 27.6 Å². The van der Waals surface area contributed by atoms with Gasteiger partial charge in [0, 0.05) is 47.3 Å². The molecule has 0 aliphatic heterocycles. The molecule has 0 fully saturated rings. The number of sulfonamides is 1. The molecule has 2 aromatic heterocycles. The Morgan fingerprint density at radius 3 is 2.22 bits per heavy atom. The molecule has 0 radical (unpaired) electrons. The second kappa shape index (κ2) is 12.4. The van der Waals surface area contributed by atoms with Gasteiger partial charge in [-0.25, -0.2) is 18.4 Å². The number of hydrogen-bond acceptors (Lipinski definition) is 10. The highest BCUT2D eigenvalue weighted by atomic mass is 35.5. The van der Waals surface area contributed by atoms with E-state index in [0.717, 1.165) is 0 Å². The van der Waals surface area contributed by atoms with Crippen LogP contribution in [-0.2, 0) is 35.4 Å². The number of aromatic nitrogens is 5. The van der Waals surface area contributed by atoms with E-state index in [4.69, 9.17) is 30.5 Å². The van der Waals surface area contributed by atoms with Crippen molar-refractivity contribution in [3.8, 4) is 0 Å². The van der Waals surface area contributed by atoms with Gasteiger partial charge in [-0.15, -0.1) is 10.2 Å². The van der Waals surface area contributed by atoms with Crippen LogP contribution in [0.3, 0.4) is 0 Å². The predicted octanol–water partition coefficient (Wildman–Crippen LogP) is 1.26. The van der Waals surface area contributed by atoms with Crippen LogP contribution in [-0.4, -0.2) is 86.7 Å². The van der Waals surface area contributed by atoms with E-state index in [9.17, 15) is 8.42 Å². The van der Waals surface area contributed by atoms with Crippen LogP contribution >= 0.6 is 11.6 Å². The molecule has 2 aromatic rings. The zero-order chi connectivity index (χ0) is 23.7. The molecule has 2 atom stereocenters. The van der Waals surface area contributed by atoms with Gasteiger partial charge >= 0.3 is 0 Å². The molecule has 0 unspecified atom stereocenters. The topological polar surface area (TPSA) is 140 Å². The van der Waals surface area contributed by atoms with Crippen molar-refractivity contribution in [1.82, 2.24) is 24.7 Å². The Morgan fingerprint density at radius 1 is 1.06 bits per heavy atom. The molecule has 0 saturated heterocycles. The van der Waals surface area contributed by atoms with Crippen molar-refractivity contribution in [1.29, 1.82) is 0 Å². The van der Waals surface area contributed by atoms with E-state index in [2.05, 4.69) is 24.9 Å². The minimum absolute atomic E-state index is 0.0360. The number of ether oxygens (including phenoxy) is 4. The molecule has 0 aromatic carbocycles. The van der Waals surface area contributed by atoms with Gasteiger partial charge < -0.3 is 18.9 Å². The summed E-state index contributed by atoms with van der Waals surface area (Å²) in [5.74, 6) is 0.753. The SMILES string of the molecule is COCCc1nnc(NS(=O)(=O)[C@@H](C)[C@H](OC)c2ncc(Cl)cn2)n1C(COC)COC. The fourth-order valence-corrected chi connectivity index (χ4v) is 4.32. The fourth-order valence-electron chi connectivity index (χ4n) is 3.08. The van der Waals surface area contributed by atoms with E-state index in [-0.39, 0.29) is 31.0 Å². The van der Waals surface area contributed by atoms with E-state index >= 15 is 0 Å². The molecule has 0 saturated carbocycles. The fraction of sp³-hybridized carbons (Fsp3) is 0.667. The molecule has 0 aliphatic carbocycles. The zero-order valence-corrected chi connectivity index (χ0v) is 20.3. The third-order valence-corrected chi connectivity index (χ3v) is 6.57. The van der Waals surface area contributed by atoms with Gasteiger partial charge in [-0.1, -0.05) is 11.6 Å². The van der Waals surface area contributed by atoms with Crippen LogP contribution in [0.1, 0.15) is 30.7 Å². The monoisotopic (exact) mass is 492 g/mol. The highest BCUT2D eigenvalue weighted by Crippen LogP contribution is 2.26. The van der Waals surface area contributed by atoms with Crippen LogP contribution in [0, 0.1) is 0 Å². The van der Waals surface area contributed by atoms with Gasteiger partial charge in [0.05, 0.1) is 30.9 Å². The highest BCUT2D eigenvalue weighted by molar-refractivity contribution is 7.93. The second-order valence-corrected chi connectivity index (χ2v) is 9.36. The quantitative estimate of drug-likeness (QED) is 0.409. The molecule has 14 heteroatoms. The molecule has 32 heavy (non-hydrogen) atoms. The Balaban J connectivity index is 2.37. The lowest BCUT2D eigenvalue weighted by molar-refractivity contribution is 0.0881. The Kier molecular flexibility index (Phi) is 10.2. The molecule has 0 amide bonds. The summed E-state index contributed by atoms with van der Waals surface area (Å²) in [6.45, 7) is 2.39. The van der Waals surface area contributed by atoms with Gasteiger partial charge in [0.2, 0.25) is 16.0 Å². The van der Waals surface area contributed by atoms with Crippen LogP contribution in [0.25, 0.3) is 0 Å². The van der Waals surface area contributed by atoms with E-state index in [0.29, 0.717) is 23.9 Å². The van der Waals surface area contributed by atoms with Gasteiger partial charge in [-0.3, -0.25) is 9.29 Å². The standard InChI is InChI=1S/C18H29ClN6O6S/c1-12(16(31-5)17-20-8-13(19)9-21-17)32(26,27)24-18-23-22-15(6-7-28-2)25(18)14(10-29-3)11-30-4/h8-9,12,14,16H,6-7,10-11H2,1-5H3,(H,23,24)/t12-,16-/m0/s1. The van der Waals surface area contributed by atoms with E-state index in [1.807, 2.05) is 0 Å². The maximum Gasteiger partial charge on any atom is 0.240 e. The number of nitrogens with one attached hydrogen (secondary N) is 1.